The van der Waals surface area contributed by atoms with Crippen LogP contribution in [0.15, 0.2) is 52.2 Å². The average Bonchev–Trinajstić information content (AvgIpc) is 2.95. The van der Waals surface area contributed by atoms with Crippen LogP contribution in [-0.2, 0) is 25.6 Å². The lowest BCUT2D eigenvalue weighted by Gasteiger charge is -2.41. The fourth-order valence-electron chi connectivity index (χ4n) is 3.52. The monoisotopic (exact) mass is 404 g/mol. The zero-order valence-electron chi connectivity index (χ0n) is 15.2. The molecule has 3 atom stereocenters. The zero-order chi connectivity index (χ0) is 19.7. The van der Waals surface area contributed by atoms with Gasteiger partial charge in [-0.25, -0.2) is 4.79 Å². The van der Waals surface area contributed by atoms with Crippen molar-refractivity contribution >= 4 is 17.7 Å². The van der Waals surface area contributed by atoms with Gasteiger partial charge < -0.3 is 14.2 Å². The highest BCUT2D eigenvalue weighted by Gasteiger charge is 2.61. The molecule has 0 radical (unpaired) electrons. The lowest BCUT2D eigenvalue weighted by Crippen LogP contribution is -2.55. The van der Waals surface area contributed by atoms with Gasteiger partial charge in [0.25, 0.3) is 5.56 Å². The summed E-state index contributed by atoms with van der Waals surface area (Å²) in [7, 11) is 0. The van der Waals surface area contributed by atoms with Gasteiger partial charge in [0.1, 0.15) is 11.7 Å². The maximum Gasteiger partial charge on any atom is 0.330 e. The van der Waals surface area contributed by atoms with Gasteiger partial charge in [-0.2, -0.15) is 11.8 Å². The highest BCUT2D eigenvalue weighted by atomic mass is 32.2. The largest absolute Gasteiger partial charge is 0.455 e. The van der Waals surface area contributed by atoms with E-state index in [1.807, 2.05) is 30.3 Å². The molecule has 28 heavy (non-hydrogen) atoms. The summed E-state index contributed by atoms with van der Waals surface area (Å²) in [6, 6.07) is 10.9. The molecule has 2 fully saturated rings. The van der Waals surface area contributed by atoms with E-state index >= 15 is 0 Å². The Morgan fingerprint density at radius 1 is 1.29 bits per heavy atom. The van der Waals surface area contributed by atoms with Crippen LogP contribution >= 0.6 is 11.8 Å². The lowest BCUT2D eigenvalue weighted by atomic mass is 9.97. The molecule has 1 aromatic heterocycles. The van der Waals surface area contributed by atoms with Crippen LogP contribution in [0.1, 0.15) is 18.7 Å². The van der Waals surface area contributed by atoms with Crippen LogP contribution in [-0.4, -0.2) is 44.8 Å². The van der Waals surface area contributed by atoms with Crippen molar-refractivity contribution in [2.45, 2.75) is 37.6 Å². The summed E-state index contributed by atoms with van der Waals surface area (Å²) in [6.07, 6.45) is -0.885. The number of carbonyl (C=O) groups is 1. The van der Waals surface area contributed by atoms with Crippen molar-refractivity contribution in [1.29, 1.82) is 0 Å². The van der Waals surface area contributed by atoms with Crippen LogP contribution in [0.2, 0.25) is 0 Å². The molecule has 0 unspecified atom stereocenters. The molecule has 2 saturated heterocycles. The fraction of sp³-hybridized carbons (Fsp3) is 0.421. The third-order valence-electron chi connectivity index (χ3n) is 4.85. The summed E-state index contributed by atoms with van der Waals surface area (Å²) in [5, 5.41) is 0. The van der Waals surface area contributed by atoms with E-state index in [2.05, 4.69) is 4.98 Å². The molecule has 2 aliphatic heterocycles. The summed E-state index contributed by atoms with van der Waals surface area (Å²) < 4.78 is 19.2. The Hall–Kier alpha value is -2.36. The maximum absolute atomic E-state index is 12.3. The maximum atomic E-state index is 12.3. The van der Waals surface area contributed by atoms with Crippen molar-refractivity contribution in [2.24, 2.45) is 0 Å². The smallest absolute Gasteiger partial charge is 0.330 e. The Morgan fingerprint density at radius 3 is 2.64 bits per heavy atom. The van der Waals surface area contributed by atoms with Crippen molar-refractivity contribution in [3.63, 3.8) is 0 Å². The Balaban J connectivity index is 1.66. The number of hydrogen-bond donors (Lipinski definition) is 1. The number of aromatic amines is 1. The normalized spacial score (nSPS) is 25.4. The Labute approximate surface area is 164 Å². The second-order valence-electron chi connectivity index (χ2n) is 6.87. The van der Waals surface area contributed by atoms with Gasteiger partial charge in [0.15, 0.2) is 12.3 Å². The molecular weight excluding hydrogens is 384 g/mol. The van der Waals surface area contributed by atoms with Gasteiger partial charge in [0.2, 0.25) is 0 Å². The molecule has 1 N–H and O–H groups in total. The van der Waals surface area contributed by atoms with Gasteiger partial charge in [0.05, 0.1) is 6.61 Å². The SMILES string of the molecule is CC(=O)O[C@H]1[C@H](n2ccc(=O)[nH]c2=O)OC2(CSC2)[C@@H]1OCc1ccccc1. The first-order chi connectivity index (χ1) is 13.5. The predicted octanol–water partition coefficient (Wildman–Crippen LogP) is 1.07. The molecule has 1 spiro atoms. The van der Waals surface area contributed by atoms with E-state index in [0.717, 1.165) is 5.56 Å². The van der Waals surface area contributed by atoms with Crippen LogP contribution < -0.4 is 11.2 Å². The van der Waals surface area contributed by atoms with Crippen molar-refractivity contribution < 1.29 is 19.0 Å². The van der Waals surface area contributed by atoms with E-state index in [0.29, 0.717) is 18.1 Å². The molecule has 0 bridgehead atoms. The van der Waals surface area contributed by atoms with Gasteiger partial charge in [0, 0.05) is 30.7 Å². The van der Waals surface area contributed by atoms with Crippen LogP contribution in [0, 0.1) is 0 Å². The summed E-state index contributed by atoms with van der Waals surface area (Å²) in [5.74, 6) is 0.839. The highest BCUT2D eigenvalue weighted by molar-refractivity contribution is 8.00. The summed E-state index contributed by atoms with van der Waals surface area (Å²) >= 11 is 1.69. The first kappa shape index (κ1) is 19.0. The lowest BCUT2D eigenvalue weighted by molar-refractivity contribution is -0.158. The van der Waals surface area contributed by atoms with E-state index < -0.39 is 41.3 Å². The Kier molecular flexibility index (Phi) is 5.13. The number of carbonyl (C=O) groups excluding carboxylic acids is 1. The molecule has 2 aliphatic rings. The number of rotatable bonds is 5. The van der Waals surface area contributed by atoms with Gasteiger partial charge in [-0.15, -0.1) is 0 Å². The minimum atomic E-state index is -0.880. The van der Waals surface area contributed by atoms with E-state index in [4.69, 9.17) is 14.2 Å². The van der Waals surface area contributed by atoms with E-state index in [1.54, 1.807) is 11.8 Å². The van der Waals surface area contributed by atoms with E-state index in [-0.39, 0.29) is 0 Å². The van der Waals surface area contributed by atoms with E-state index in [9.17, 15) is 14.4 Å². The van der Waals surface area contributed by atoms with E-state index in [1.165, 1.54) is 23.8 Å². The average molecular weight is 404 g/mol. The van der Waals surface area contributed by atoms with Gasteiger partial charge >= 0.3 is 11.7 Å². The predicted molar refractivity (Wildman–Crippen MR) is 102 cm³/mol. The molecule has 1 aromatic carbocycles. The highest BCUT2D eigenvalue weighted by Crippen LogP contribution is 2.49. The Morgan fingerprint density at radius 2 is 2.04 bits per heavy atom. The van der Waals surface area contributed by atoms with Gasteiger partial charge in [-0.05, 0) is 5.56 Å². The number of aromatic nitrogens is 2. The molecule has 0 aliphatic carbocycles. The number of hydrogen-bond acceptors (Lipinski definition) is 7. The molecule has 4 rings (SSSR count). The number of H-pyrrole nitrogens is 1. The summed E-state index contributed by atoms with van der Waals surface area (Å²) in [5.41, 5.74) is -0.801. The fourth-order valence-corrected chi connectivity index (χ4v) is 4.59. The van der Waals surface area contributed by atoms with Crippen molar-refractivity contribution in [3.8, 4) is 0 Å². The van der Waals surface area contributed by atoms with Crippen molar-refractivity contribution in [1.82, 2.24) is 9.55 Å². The standard InChI is InChI=1S/C19H20N2O6S/c1-12(22)26-15-16(25-9-13-5-3-2-4-6-13)19(10-28-11-19)27-17(15)21-8-7-14(23)20-18(21)24/h2-8,15-17H,9-11H2,1H3,(H,20,23,24)/t15-,16-,17-/m1/s1. The second-order valence-corrected chi connectivity index (χ2v) is 7.86. The van der Waals surface area contributed by atoms with Gasteiger partial charge in [-0.1, -0.05) is 30.3 Å². The number of esters is 1. The molecule has 2 aromatic rings. The number of ether oxygens (including phenoxy) is 3. The quantitative estimate of drug-likeness (QED) is 0.744. The van der Waals surface area contributed by atoms with Crippen LogP contribution in [0.4, 0.5) is 0 Å². The third-order valence-corrected chi connectivity index (χ3v) is 6.23. The molecule has 0 saturated carbocycles. The van der Waals surface area contributed by atoms with Crippen molar-refractivity contribution in [3.05, 3.63) is 69.0 Å². The number of benzene rings is 1. The zero-order valence-corrected chi connectivity index (χ0v) is 16.0. The Bertz CT molecular complexity index is 968. The molecular formula is C19H20N2O6S. The minimum absolute atomic E-state index is 0.326. The number of thioether (sulfide) groups is 1. The number of nitrogens with one attached hydrogen (secondary N) is 1. The third kappa shape index (κ3) is 3.52. The first-order valence-electron chi connectivity index (χ1n) is 8.88. The molecule has 0 amide bonds. The van der Waals surface area contributed by atoms with Crippen LogP contribution in [0.25, 0.3) is 0 Å². The molecule has 3 heterocycles. The molecule has 8 nitrogen and oxygen atoms in total. The van der Waals surface area contributed by atoms with Gasteiger partial charge in [-0.3, -0.25) is 19.1 Å². The summed E-state index contributed by atoms with van der Waals surface area (Å²) in [4.78, 5) is 37.7. The topological polar surface area (TPSA) is 99.6 Å². The molecule has 148 valence electrons. The number of nitrogens with zero attached hydrogens (tertiary/aromatic N) is 1. The van der Waals surface area contributed by atoms with Crippen LogP contribution in [0.3, 0.4) is 0 Å². The first-order valence-corrected chi connectivity index (χ1v) is 10.0. The summed E-state index contributed by atoms with van der Waals surface area (Å²) in [6.45, 7) is 1.63. The van der Waals surface area contributed by atoms with Crippen molar-refractivity contribution in [2.75, 3.05) is 11.5 Å². The minimum Gasteiger partial charge on any atom is -0.455 e. The van der Waals surface area contributed by atoms with Crippen LogP contribution in [0.5, 0.6) is 0 Å². The second kappa shape index (κ2) is 7.57. The molecule has 9 heteroatoms.